The van der Waals surface area contributed by atoms with Crippen LogP contribution in [0.3, 0.4) is 0 Å². The summed E-state index contributed by atoms with van der Waals surface area (Å²) in [6.45, 7) is 0.0483. The largest absolute Gasteiger partial charge is 1.00 e. The number of carboxylic acid groups (broad SMARTS) is 1. The zero-order valence-corrected chi connectivity index (χ0v) is 21.1. The first kappa shape index (κ1) is 25.4. The molecule has 0 fully saturated rings. The number of hydrogen-bond donors (Lipinski definition) is 0. The minimum Gasteiger partial charge on any atom is -0.545 e. The molecule has 8 heteroatoms. The van der Waals surface area contributed by atoms with Crippen molar-refractivity contribution >= 4 is 17.3 Å². The van der Waals surface area contributed by atoms with E-state index in [1.165, 1.54) is 7.11 Å². The second kappa shape index (κ2) is 11.2. The van der Waals surface area contributed by atoms with Crippen LogP contribution in [-0.2, 0) is 11.2 Å². The number of carbonyl (C=O) groups is 2. The number of aliphatic carboxylic acids is 1. The molecule has 0 atom stereocenters. The summed E-state index contributed by atoms with van der Waals surface area (Å²) >= 11 is 0. The summed E-state index contributed by atoms with van der Waals surface area (Å²) in [5.41, 5.74) is 1.25. The van der Waals surface area contributed by atoms with Crippen molar-refractivity contribution in [1.82, 2.24) is 0 Å². The third kappa shape index (κ3) is 5.44. The normalized spacial score (nSPS) is 12.3. The first-order valence-corrected chi connectivity index (χ1v) is 10.2. The molecule has 0 bridgehead atoms. The monoisotopic (exact) mass is 468 g/mol. The van der Waals surface area contributed by atoms with Gasteiger partial charge in [-0.2, -0.15) is 0 Å². The molecular formula is C26H21NaO7. The zero-order valence-electron chi connectivity index (χ0n) is 19.1. The molecule has 0 amide bonds. The second-order valence-electron chi connectivity index (χ2n) is 7.29. The van der Waals surface area contributed by atoms with E-state index in [1.54, 1.807) is 73.8 Å². The van der Waals surface area contributed by atoms with E-state index in [0.29, 0.717) is 34.1 Å². The van der Waals surface area contributed by atoms with Gasteiger partial charge in [0.15, 0.2) is 17.3 Å². The van der Waals surface area contributed by atoms with E-state index in [9.17, 15) is 14.7 Å². The minimum atomic E-state index is -1.46. The Balaban J connectivity index is 0.00000324. The molecule has 3 aromatic rings. The van der Waals surface area contributed by atoms with Gasteiger partial charge in [0, 0.05) is 23.1 Å². The van der Waals surface area contributed by atoms with Gasteiger partial charge in [-0.3, -0.25) is 4.79 Å². The van der Waals surface area contributed by atoms with Gasteiger partial charge in [-0.25, -0.2) is 0 Å². The molecule has 1 heterocycles. The Morgan fingerprint density at radius 1 is 0.824 bits per heavy atom. The summed E-state index contributed by atoms with van der Waals surface area (Å²) in [5.74, 6) is 0.274. The van der Waals surface area contributed by atoms with E-state index >= 15 is 0 Å². The van der Waals surface area contributed by atoms with Crippen molar-refractivity contribution in [2.75, 3.05) is 21.0 Å². The Morgan fingerprint density at radius 2 is 1.38 bits per heavy atom. The molecular weight excluding hydrogens is 447 g/mol. The minimum absolute atomic E-state index is 0. The number of allylic oxidation sites excluding steroid dienone is 1. The van der Waals surface area contributed by atoms with Gasteiger partial charge in [-0.15, -0.1) is 0 Å². The van der Waals surface area contributed by atoms with E-state index in [0.717, 1.165) is 5.56 Å². The number of hydrogen-bond acceptors (Lipinski definition) is 7. The fourth-order valence-corrected chi connectivity index (χ4v) is 3.61. The number of Topliss-reactive ketones (excluding diaryl/α,β-unsaturated/α-hetero) is 1. The summed E-state index contributed by atoms with van der Waals surface area (Å²) in [6, 6.07) is 18.3. The molecule has 1 aliphatic rings. The number of fused-ring (bicyclic) bond motifs is 1. The van der Waals surface area contributed by atoms with Crippen LogP contribution in [0.1, 0.15) is 21.5 Å². The first-order valence-electron chi connectivity index (χ1n) is 10.2. The quantitative estimate of drug-likeness (QED) is 0.262. The van der Waals surface area contributed by atoms with Crippen molar-refractivity contribution in [3.8, 4) is 23.0 Å². The Kier molecular flexibility index (Phi) is 8.39. The van der Waals surface area contributed by atoms with E-state index in [2.05, 4.69) is 0 Å². The first-order chi connectivity index (χ1) is 16.0. The van der Waals surface area contributed by atoms with Crippen molar-refractivity contribution in [1.29, 1.82) is 0 Å². The SMILES string of the molecule is COc1ccc(C/C(C(=O)c2ccc(OC)cc2)=C(\C(=O)[O-])c2ccc3c(c2)OCO3)cc1.[Na+]. The number of carboxylic acids is 1. The Hall–Kier alpha value is -3.26. The van der Waals surface area contributed by atoms with Gasteiger partial charge < -0.3 is 28.8 Å². The van der Waals surface area contributed by atoms with Crippen molar-refractivity contribution in [2.24, 2.45) is 0 Å². The molecule has 3 aromatic carbocycles. The van der Waals surface area contributed by atoms with Gasteiger partial charge in [-0.1, -0.05) is 18.2 Å². The molecule has 0 N–H and O–H groups in total. The number of methoxy groups -OCH3 is 2. The van der Waals surface area contributed by atoms with Crippen LogP contribution < -0.4 is 53.6 Å². The van der Waals surface area contributed by atoms with Crippen LogP contribution in [0.2, 0.25) is 0 Å². The topological polar surface area (TPSA) is 94.1 Å². The molecule has 168 valence electrons. The summed E-state index contributed by atoms with van der Waals surface area (Å²) in [5, 5.41) is 12.3. The molecule has 0 radical (unpaired) electrons. The van der Waals surface area contributed by atoms with E-state index in [-0.39, 0.29) is 53.9 Å². The average molecular weight is 468 g/mol. The van der Waals surface area contributed by atoms with Crippen LogP contribution in [0.15, 0.2) is 72.3 Å². The summed E-state index contributed by atoms with van der Waals surface area (Å²) in [4.78, 5) is 25.9. The zero-order chi connectivity index (χ0) is 23.4. The molecule has 7 nitrogen and oxygen atoms in total. The van der Waals surface area contributed by atoms with Crippen molar-refractivity contribution in [3.05, 3.63) is 89.0 Å². The average Bonchev–Trinajstić information content (AvgIpc) is 3.31. The maximum absolute atomic E-state index is 13.6. The molecule has 0 aliphatic carbocycles. The Labute approximate surface area is 219 Å². The number of rotatable bonds is 8. The third-order valence-corrected chi connectivity index (χ3v) is 5.33. The fraction of sp³-hybridized carbons (Fsp3) is 0.154. The molecule has 4 rings (SSSR count). The molecule has 0 saturated heterocycles. The Bertz CT molecular complexity index is 1210. The van der Waals surface area contributed by atoms with Crippen LogP contribution in [0.4, 0.5) is 0 Å². The number of benzene rings is 3. The van der Waals surface area contributed by atoms with Crippen molar-refractivity contribution < 1.29 is 63.2 Å². The maximum atomic E-state index is 13.6. The predicted molar refractivity (Wildman–Crippen MR) is 119 cm³/mol. The van der Waals surface area contributed by atoms with Gasteiger partial charge in [0.25, 0.3) is 0 Å². The molecule has 0 saturated carbocycles. The van der Waals surface area contributed by atoms with Gasteiger partial charge >= 0.3 is 29.6 Å². The molecule has 34 heavy (non-hydrogen) atoms. The Morgan fingerprint density at radius 3 is 1.97 bits per heavy atom. The summed E-state index contributed by atoms with van der Waals surface area (Å²) in [6.07, 6.45) is 0.0760. The van der Waals surface area contributed by atoms with E-state index in [1.807, 2.05) is 0 Å². The van der Waals surface area contributed by atoms with Crippen LogP contribution in [0.5, 0.6) is 23.0 Å². The third-order valence-electron chi connectivity index (χ3n) is 5.33. The van der Waals surface area contributed by atoms with Gasteiger partial charge in [0.05, 0.1) is 20.2 Å². The summed E-state index contributed by atoms with van der Waals surface area (Å²) < 4.78 is 21.1. The van der Waals surface area contributed by atoms with Gasteiger partial charge in [0.2, 0.25) is 6.79 Å². The standard InChI is InChI=1S/C26H22O7.Na/c1-30-19-8-3-16(4-9-19)13-21(25(27)17-5-10-20(31-2)11-6-17)24(26(28)29)18-7-12-22-23(14-18)33-15-32-22;/h3-12,14H,13,15H2,1-2H3,(H,28,29);/q;+1/p-1/b24-21+;. The van der Waals surface area contributed by atoms with Crippen molar-refractivity contribution in [3.63, 3.8) is 0 Å². The van der Waals surface area contributed by atoms with Crippen LogP contribution in [0, 0.1) is 0 Å². The van der Waals surface area contributed by atoms with Crippen molar-refractivity contribution in [2.45, 2.75) is 6.42 Å². The summed E-state index contributed by atoms with van der Waals surface area (Å²) in [7, 11) is 3.08. The number of ether oxygens (including phenoxy) is 4. The molecule has 0 unspecified atom stereocenters. The van der Waals surface area contributed by atoms with Crippen LogP contribution in [-0.4, -0.2) is 32.8 Å². The maximum Gasteiger partial charge on any atom is 1.00 e. The van der Waals surface area contributed by atoms with Crippen LogP contribution in [0.25, 0.3) is 5.57 Å². The molecule has 0 spiro atoms. The number of carbonyl (C=O) groups excluding carboxylic acids is 2. The second-order valence-corrected chi connectivity index (χ2v) is 7.29. The van der Waals surface area contributed by atoms with Gasteiger partial charge in [-0.05, 0) is 59.7 Å². The molecule has 1 aliphatic heterocycles. The number of ketones is 1. The smallest absolute Gasteiger partial charge is 0.545 e. The predicted octanol–water partition coefficient (Wildman–Crippen LogP) is 0.0656. The van der Waals surface area contributed by atoms with Gasteiger partial charge in [0.1, 0.15) is 11.5 Å². The molecule has 0 aromatic heterocycles. The van der Waals surface area contributed by atoms with Crippen LogP contribution >= 0.6 is 0 Å². The van der Waals surface area contributed by atoms with E-state index < -0.39 is 11.8 Å². The fourth-order valence-electron chi connectivity index (χ4n) is 3.61. The van der Waals surface area contributed by atoms with E-state index in [4.69, 9.17) is 18.9 Å².